The summed E-state index contributed by atoms with van der Waals surface area (Å²) in [6.45, 7) is 3.94. The third kappa shape index (κ3) is 2.96. The molecule has 0 saturated heterocycles. The molecule has 7 heteroatoms. The lowest BCUT2D eigenvalue weighted by Crippen LogP contribution is -2.63. The van der Waals surface area contributed by atoms with Gasteiger partial charge >= 0.3 is 5.97 Å². The summed E-state index contributed by atoms with van der Waals surface area (Å²) in [6, 6.07) is 0. The van der Waals surface area contributed by atoms with Crippen LogP contribution in [0.25, 0.3) is 0 Å². The van der Waals surface area contributed by atoms with Crippen molar-refractivity contribution >= 4 is 29.3 Å². The van der Waals surface area contributed by atoms with E-state index in [1.54, 1.807) is 18.4 Å². The molecule has 0 bridgehead atoms. The number of ketones is 2. The van der Waals surface area contributed by atoms with Crippen LogP contribution in [0.4, 0.5) is 0 Å². The second-order valence-electron chi connectivity index (χ2n) is 10.1. The van der Waals surface area contributed by atoms with Crippen LogP contribution >= 0.6 is 11.8 Å². The molecule has 3 fully saturated rings. The van der Waals surface area contributed by atoms with Crippen molar-refractivity contribution in [2.45, 2.75) is 51.2 Å². The van der Waals surface area contributed by atoms with Crippen molar-refractivity contribution in [1.82, 2.24) is 0 Å². The Morgan fingerprint density at radius 3 is 2.68 bits per heavy atom. The molecule has 6 nitrogen and oxygen atoms in total. The van der Waals surface area contributed by atoms with Crippen LogP contribution in [0.2, 0.25) is 0 Å². The largest absolute Gasteiger partial charge is 0.469 e. The number of fused-ring (bicyclic) bond motifs is 5. The maximum absolute atomic E-state index is 13.2. The number of aliphatic hydroxyl groups excluding tert-OH is 1. The van der Waals surface area contributed by atoms with Crippen LogP contribution in [0.3, 0.4) is 0 Å². The Bertz CT molecular complexity index is 879. The van der Waals surface area contributed by atoms with E-state index in [1.807, 2.05) is 13.0 Å². The van der Waals surface area contributed by atoms with Crippen LogP contribution in [0.15, 0.2) is 23.8 Å². The minimum Gasteiger partial charge on any atom is -0.469 e. The van der Waals surface area contributed by atoms with Crippen molar-refractivity contribution in [3.05, 3.63) is 23.8 Å². The zero-order valence-corrected chi connectivity index (χ0v) is 19.4. The Kier molecular flexibility index (Phi) is 5.55. The summed E-state index contributed by atoms with van der Waals surface area (Å²) in [6.07, 6.45) is 8.31. The van der Waals surface area contributed by atoms with Crippen molar-refractivity contribution < 1.29 is 29.3 Å². The van der Waals surface area contributed by atoms with E-state index in [2.05, 4.69) is 6.92 Å². The molecule has 0 aromatic rings. The molecule has 0 aromatic carbocycles. The van der Waals surface area contributed by atoms with Crippen LogP contribution in [0.1, 0.15) is 39.5 Å². The molecule has 4 aliphatic carbocycles. The van der Waals surface area contributed by atoms with E-state index >= 15 is 0 Å². The van der Waals surface area contributed by atoms with Gasteiger partial charge in [-0.1, -0.05) is 25.5 Å². The molecule has 0 amide bonds. The highest BCUT2D eigenvalue weighted by molar-refractivity contribution is 7.99. The number of thioether (sulfide) groups is 1. The summed E-state index contributed by atoms with van der Waals surface area (Å²) >= 11 is 1.32. The zero-order valence-electron chi connectivity index (χ0n) is 18.6. The van der Waals surface area contributed by atoms with E-state index in [1.165, 1.54) is 18.9 Å². The number of hydrogen-bond donors (Lipinski definition) is 2. The normalized spacial score (nSPS) is 45.9. The number of ether oxygens (including phenoxy) is 1. The summed E-state index contributed by atoms with van der Waals surface area (Å²) < 4.78 is 5.01. The first-order valence-corrected chi connectivity index (χ1v) is 12.4. The average molecular weight is 449 g/mol. The predicted octanol–water partition coefficient (Wildman–Crippen LogP) is 2.33. The molecule has 8 atom stereocenters. The molecule has 3 saturated carbocycles. The molecular weight excluding hydrogens is 416 g/mol. The fourth-order valence-corrected chi connectivity index (χ4v) is 8.01. The second kappa shape index (κ2) is 7.56. The molecule has 4 rings (SSSR count). The van der Waals surface area contributed by atoms with Gasteiger partial charge in [0.25, 0.3) is 0 Å². The topological polar surface area (TPSA) is 101 Å². The minimum absolute atomic E-state index is 0.0234. The molecule has 0 heterocycles. The molecule has 4 aliphatic rings. The van der Waals surface area contributed by atoms with Gasteiger partial charge in [-0.3, -0.25) is 14.4 Å². The molecule has 0 spiro atoms. The highest BCUT2D eigenvalue weighted by atomic mass is 32.2. The van der Waals surface area contributed by atoms with Gasteiger partial charge in [0.1, 0.15) is 5.60 Å². The van der Waals surface area contributed by atoms with Gasteiger partial charge in [-0.25, -0.2) is 0 Å². The van der Waals surface area contributed by atoms with Gasteiger partial charge in [-0.15, -0.1) is 0 Å². The Labute approximate surface area is 187 Å². The Morgan fingerprint density at radius 2 is 2.03 bits per heavy atom. The van der Waals surface area contributed by atoms with Gasteiger partial charge in [0.2, 0.25) is 0 Å². The molecule has 1 unspecified atom stereocenters. The molecule has 0 aliphatic heterocycles. The number of carbonyl (C=O) groups excluding carboxylic acids is 3. The number of Topliss-reactive ketones (excluding diaryl/α,β-unsaturated/α-hetero) is 1. The molecule has 31 heavy (non-hydrogen) atoms. The number of rotatable bonds is 4. The summed E-state index contributed by atoms with van der Waals surface area (Å²) in [7, 11) is 1.28. The monoisotopic (exact) mass is 448 g/mol. The lowest BCUT2D eigenvalue weighted by molar-refractivity contribution is -0.187. The quantitative estimate of drug-likeness (QED) is 0.637. The van der Waals surface area contributed by atoms with Crippen LogP contribution in [-0.2, 0) is 19.1 Å². The highest BCUT2D eigenvalue weighted by Crippen LogP contribution is 2.68. The van der Waals surface area contributed by atoms with E-state index in [4.69, 9.17) is 4.74 Å². The average Bonchev–Trinajstić information content (AvgIpc) is 2.96. The second-order valence-corrected chi connectivity index (χ2v) is 11.0. The Hall–Kier alpha value is -1.44. The van der Waals surface area contributed by atoms with Crippen molar-refractivity contribution in [3.8, 4) is 0 Å². The van der Waals surface area contributed by atoms with Gasteiger partial charge in [-0.05, 0) is 55.9 Å². The van der Waals surface area contributed by atoms with Crippen LogP contribution in [-0.4, -0.2) is 58.6 Å². The van der Waals surface area contributed by atoms with Crippen molar-refractivity contribution in [2.75, 3.05) is 19.1 Å². The number of allylic oxidation sites excluding steroid dienone is 4. The van der Waals surface area contributed by atoms with Gasteiger partial charge in [0.15, 0.2) is 11.6 Å². The van der Waals surface area contributed by atoms with E-state index < -0.39 is 34.4 Å². The fourth-order valence-electron chi connectivity index (χ4n) is 7.53. The predicted molar refractivity (Wildman–Crippen MR) is 117 cm³/mol. The van der Waals surface area contributed by atoms with E-state index in [-0.39, 0.29) is 41.5 Å². The highest BCUT2D eigenvalue weighted by Gasteiger charge is 2.72. The maximum Gasteiger partial charge on any atom is 0.312 e. The number of carbonyl (C=O) groups is 3. The van der Waals surface area contributed by atoms with Crippen LogP contribution < -0.4 is 0 Å². The smallest absolute Gasteiger partial charge is 0.312 e. The van der Waals surface area contributed by atoms with Gasteiger partial charge in [0, 0.05) is 16.7 Å². The number of methoxy groups -OCH3 is 1. The standard InChI is InChI=1S/C24H32O6S/c1-22-8-7-14(25)9-13(22)5-6-15-16-10-17(21(28)30-3)24(29,19(27)12-31-4)23(16,2)11-18(26)20(15)22/h7-9,15-18,20,26,29H,5-6,10-12H2,1-4H3/t15-,16-,17?,18-,20+,22-,23-,24-/m0/s1. The van der Waals surface area contributed by atoms with Crippen LogP contribution in [0, 0.1) is 34.5 Å². The van der Waals surface area contributed by atoms with Crippen molar-refractivity contribution in [2.24, 2.45) is 34.5 Å². The van der Waals surface area contributed by atoms with Crippen molar-refractivity contribution in [3.63, 3.8) is 0 Å². The minimum atomic E-state index is -1.87. The first-order chi connectivity index (χ1) is 14.5. The van der Waals surface area contributed by atoms with Gasteiger partial charge in [0.05, 0.1) is 24.9 Å². The summed E-state index contributed by atoms with van der Waals surface area (Å²) in [4.78, 5) is 37.9. The number of esters is 1. The van der Waals surface area contributed by atoms with Gasteiger partial charge in [-0.2, -0.15) is 11.8 Å². The number of hydrogen-bond acceptors (Lipinski definition) is 7. The summed E-state index contributed by atoms with van der Waals surface area (Å²) in [5, 5.41) is 23.3. The zero-order chi connectivity index (χ0) is 22.8. The molecular formula is C24H32O6S. The number of aliphatic hydroxyl groups is 2. The first kappa shape index (κ1) is 22.7. The van der Waals surface area contributed by atoms with Crippen molar-refractivity contribution in [1.29, 1.82) is 0 Å². The van der Waals surface area contributed by atoms with E-state index in [0.717, 1.165) is 18.4 Å². The third-order valence-corrected chi connectivity index (χ3v) is 9.49. The maximum atomic E-state index is 13.2. The Morgan fingerprint density at radius 1 is 1.32 bits per heavy atom. The van der Waals surface area contributed by atoms with E-state index in [0.29, 0.717) is 6.42 Å². The molecule has 0 aromatic heterocycles. The first-order valence-electron chi connectivity index (χ1n) is 11.0. The lowest BCUT2D eigenvalue weighted by Gasteiger charge is -2.59. The third-order valence-electron chi connectivity index (χ3n) is 8.94. The molecule has 170 valence electrons. The Balaban J connectivity index is 1.80. The lowest BCUT2D eigenvalue weighted by atomic mass is 9.46. The molecule has 0 radical (unpaired) electrons. The van der Waals surface area contributed by atoms with Crippen LogP contribution in [0.5, 0.6) is 0 Å². The molecule has 2 N–H and O–H groups in total. The van der Waals surface area contributed by atoms with Gasteiger partial charge < -0.3 is 14.9 Å². The SMILES string of the molecule is COC(=O)C1C[C@H]2[C@@H]3CCC4=CC(=O)C=C[C@]4(C)[C@H]3[C@@H](O)C[C@]2(C)[C@@]1(O)C(=O)CSC. The fraction of sp³-hybridized carbons (Fsp3) is 0.708. The van der Waals surface area contributed by atoms with E-state index in [9.17, 15) is 24.6 Å². The summed E-state index contributed by atoms with van der Waals surface area (Å²) in [5.41, 5.74) is -2.19. The summed E-state index contributed by atoms with van der Waals surface area (Å²) in [5.74, 6) is -2.00.